The van der Waals surface area contributed by atoms with E-state index in [1.807, 2.05) is 10.6 Å². The van der Waals surface area contributed by atoms with Gasteiger partial charge in [-0.15, -0.1) is 10.2 Å². The van der Waals surface area contributed by atoms with Crippen molar-refractivity contribution in [2.24, 2.45) is 0 Å². The second-order valence-corrected chi connectivity index (χ2v) is 3.48. The van der Waals surface area contributed by atoms with E-state index in [1.54, 1.807) is 12.1 Å². The molecule has 0 atom stereocenters. The molecule has 0 amide bonds. The quantitative estimate of drug-likeness (QED) is 0.760. The van der Waals surface area contributed by atoms with E-state index in [9.17, 15) is 0 Å². The van der Waals surface area contributed by atoms with E-state index < -0.39 is 0 Å². The van der Waals surface area contributed by atoms with E-state index in [-0.39, 0.29) is 0 Å². The highest BCUT2D eigenvalue weighted by Gasteiger charge is 2.04. The number of pyridine rings is 1. The Bertz CT molecular complexity index is 507. The Balaban J connectivity index is 2.39. The van der Waals surface area contributed by atoms with Gasteiger partial charge in [0.2, 0.25) is 0 Å². The first-order chi connectivity index (χ1) is 7.35. The van der Waals surface area contributed by atoms with E-state index in [1.165, 1.54) is 0 Å². The zero-order valence-corrected chi connectivity index (χ0v) is 8.64. The topological polar surface area (TPSA) is 54.0 Å². The van der Waals surface area contributed by atoms with Gasteiger partial charge in [0.1, 0.15) is 5.82 Å². The summed E-state index contributed by atoms with van der Waals surface area (Å²) in [4.78, 5) is 0. The van der Waals surface area contributed by atoms with Gasteiger partial charge >= 0.3 is 0 Å². The lowest BCUT2D eigenvalue weighted by molar-refractivity contribution is 0.743. The van der Waals surface area contributed by atoms with Gasteiger partial charge in [0.15, 0.2) is 5.65 Å². The summed E-state index contributed by atoms with van der Waals surface area (Å²) < 4.78 is 1.94. The average Bonchev–Trinajstić information content (AvgIpc) is 2.68. The Hall–Kier alpha value is -1.89. The lowest BCUT2D eigenvalue weighted by atomic mass is 10.2. The first-order valence-electron chi connectivity index (χ1n) is 5.09. The Labute approximate surface area is 88.2 Å². The molecule has 15 heavy (non-hydrogen) atoms. The van der Waals surface area contributed by atoms with Crippen LogP contribution in [0.25, 0.3) is 5.65 Å². The van der Waals surface area contributed by atoms with E-state index in [4.69, 9.17) is 5.26 Å². The van der Waals surface area contributed by atoms with E-state index in [2.05, 4.69) is 23.2 Å². The summed E-state index contributed by atoms with van der Waals surface area (Å²) >= 11 is 0. The number of hydrogen-bond donors (Lipinski definition) is 0. The highest BCUT2D eigenvalue weighted by atomic mass is 15.2. The van der Waals surface area contributed by atoms with Gasteiger partial charge in [0.25, 0.3) is 0 Å². The number of rotatable bonds is 3. The summed E-state index contributed by atoms with van der Waals surface area (Å²) in [6.07, 6.45) is 5.05. The number of aromatic nitrogens is 3. The van der Waals surface area contributed by atoms with Crippen LogP contribution >= 0.6 is 0 Å². The molecule has 0 saturated heterocycles. The van der Waals surface area contributed by atoms with Crippen molar-refractivity contribution < 1.29 is 0 Å². The summed E-state index contributed by atoms with van der Waals surface area (Å²) in [5.41, 5.74) is 1.37. The van der Waals surface area contributed by atoms with Crippen molar-refractivity contribution in [3.63, 3.8) is 0 Å². The normalized spacial score (nSPS) is 10.4. The van der Waals surface area contributed by atoms with Crippen LogP contribution in [0.4, 0.5) is 0 Å². The number of unbranched alkanes of at least 4 members (excludes halogenated alkanes) is 1. The average molecular weight is 200 g/mol. The molecule has 0 radical (unpaired) electrons. The largest absolute Gasteiger partial charge is 0.286 e. The van der Waals surface area contributed by atoms with Crippen LogP contribution in [0.5, 0.6) is 0 Å². The Morgan fingerprint density at radius 1 is 1.47 bits per heavy atom. The van der Waals surface area contributed by atoms with E-state index >= 15 is 0 Å². The van der Waals surface area contributed by atoms with Crippen LogP contribution in [-0.2, 0) is 6.42 Å². The summed E-state index contributed by atoms with van der Waals surface area (Å²) in [6, 6.07) is 5.63. The maximum absolute atomic E-state index is 8.74. The number of nitrogens with zero attached hydrogens (tertiary/aromatic N) is 4. The van der Waals surface area contributed by atoms with Gasteiger partial charge in [-0.25, -0.2) is 0 Å². The summed E-state index contributed by atoms with van der Waals surface area (Å²) in [5.74, 6) is 0.969. The fourth-order valence-corrected chi connectivity index (χ4v) is 1.52. The van der Waals surface area contributed by atoms with Crippen LogP contribution in [0.1, 0.15) is 31.2 Å². The molecule has 4 heteroatoms. The molecule has 0 spiro atoms. The monoisotopic (exact) mass is 200 g/mol. The molecule has 0 bridgehead atoms. The van der Waals surface area contributed by atoms with Crippen LogP contribution in [0, 0.1) is 11.3 Å². The molecule has 0 N–H and O–H groups in total. The third-order valence-electron chi connectivity index (χ3n) is 2.36. The molecule has 4 nitrogen and oxygen atoms in total. The molecule has 0 unspecified atom stereocenters. The van der Waals surface area contributed by atoms with Crippen LogP contribution in [0.15, 0.2) is 18.3 Å². The third kappa shape index (κ3) is 1.82. The fourth-order valence-electron chi connectivity index (χ4n) is 1.52. The summed E-state index contributed by atoms with van der Waals surface area (Å²) in [5, 5.41) is 16.9. The van der Waals surface area contributed by atoms with Crippen molar-refractivity contribution in [1.29, 1.82) is 5.26 Å². The van der Waals surface area contributed by atoms with Crippen molar-refractivity contribution in [1.82, 2.24) is 14.6 Å². The van der Waals surface area contributed by atoms with Crippen molar-refractivity contribution >= 4 is 5.65 Å². The molecule has 0 aliphatic carbocycles. The van der Waals surface area contributed by atoms with Crippen LogP contribution in [0.3, 0.4) is 0 Å². The molecule has 2 heterocycles. The second-order valence-electron chi connectivity index (χ2n) is 3.48. The standard InChI is InChI=1S/C11H12N4/c1-2-3-4-10-13-14-11-7-9(8-12)5-6-15(10)11/h5-7H,2-4H2,1H3. The number of hydrogen-bond acceptors (Lipinski definition) is 3. The van der Waals surface area contributed by atoms with E-state index in [0.29, 0.717) is 5.56 Å². The Morgan fingerprint density at radius 3 is 3.07 bits per heavy atom. The van der Waals surface area contributed by atoms with Gasteiger partial charge in [-0.3, -0.25) is 4.40 Å². The SMILES string of the molecule is CCCCc1nnc2cc(C#N)ccn12. The number of nitriles is 1. The molecular weight excluding hydrogens is 188 g/mol. The molecule has 0 aliphatic heterocycles. The predicted octanol–water partition coefficient (Wildman–Crippen LogP) is 1.94. The van der Waals surface area contributed by atoms with Gasteiger partial charge in [0.05, 0.1) is 11.6 Å². The molecular formula is C11H12N4. The lowest BCUT2D eigenvalue weighted by Gasteiger charge is -1.97. The third-order valence-corrected chi connectivity index (χ3v) is 2.36. The highest BCUT2D eigenvalue weighted by Crippen LogP contribution is 2.08. The van der Waals surface area contributed by atoms with Crippen molar-refractivity contribution in [3.8, 4) is 6.07 Å². The van der Waals surface area contributed by atoms with E-state index in [0.717, 1.165) is 30.7 Å². The summed E-state index contributed by atoms with van der Waals surface area (Å²) in [6.45, 7) is 2.15. The van der Waals surface area contributed by atoms with Crippen molar-refractivity contribution in [3.05, 3.63) is 29.7 Å². The Kier molecular flexibility index (Phi) is 2.64. The van der Waals surface area contributed by atoms with Crippen molar-refractivity contribution in [2.45, 2.75) is 26.2 Å². The smallest absolute Gasteiger partial charge is 0.162 e. The van der Waals surface area contributed by atoms with Crippen LogP contribution < -0.4 is 0 Å². The highest BCUT2D eigenvalue weighted by molar-refractivity contribution is 5.45. The molecule has 0 aliphatic rings. The van der Waals surface area contributed by atoms with Gasteiger partial charge < -0.3 is 0 Å². The number of fused-ring (bicyclic) bond motifs is 1. The maximum atomic E-state index is 8.74. The molecule has 0 saturated carbocycles. The zero-order chi connectivity index (χ0) is 10.7. The van der Waals surface area contributed by atoms with Gasteiger partial charge in [-0.05, 0) is 12.5 Å². The molecule has 0 fully saturated rings. The molecule has 2 aromatic rings. The van der Waals surface area contributed by atoms with Crippen LogP contribution in [-0.4, -0.2) is 14.6 Å². The van der Waals surface area contributed by atoms with Gasteiger partial charge in [-0.2, -0.15) is 5.26 Å². The second kappa shape index (κ2) is 4.09. The van der Waals surface area contributed by atoms with Gasteiger partial charge in [0, 0.05) is 18.7 Å². The molecule has 2 rings (SSSR count). The van der Waals surface area contributed by atoms with Gasteiger partial charge in [-0.1, -0.05) is 13.3 Å². The molecule has 76 valence electrons. The first kappa shape index (κ1) is 9.66. The minimum absolute atomic E-state index is 0.622. The maximum Gasteiger partial charge on any atom is 0.162 e. The van der Waals surface area contributed by atoms with Crippen LogP contribution in [0.2, 0.25) is 0 Å². The minimum Gasteiger partial charge on any atom is -0.286 e. The zero-order valence-electron chi connectivity index (χ0n) is 8.64. The molecule has 2 aromatic heterocycles. The predicted molar refractivity (Wildman–Crippen MR) is 56.3 cm³/mol. The number of aryl methyl sites for hydroxylation is 1. The fraction of sp³-hybridized carbons (Fsp3) is 0.364. The first-order valence-corrected chi connectivity index (χ1v) is 5.09. The Morgan fingerprint density at radius 2 is 2.33 bits per heavy atom. The van der Waals surface area contributed by atoms with Crippen molar-refractivity contribution in [2.75, 3.05) is 0 Å². The lowest BCUT2D eigenvalue weighted by Crippen LogP contribution is -1.94. The summed E-state index contributed by atoms with van der Waals surface area (Å²) in [7, 11) is 0. The molecule has 0 aromatic carbocycles. The minimum atomic E-state index is 0.622.